The van der Waals surface area contributed by atoms with Crippen LogP contribution >= 0.6 is 0 Å². The van der Waals surface area contributed by atoms with Gasteiger partial charge in [0.05, 0.1) is 12.8 Å². The fraction of sp³-hybridized carbons (Fsp3) is 0.429. The summed E-state index contributed by atoms with van der Waals surface area (Å²) in [7, 11) is 1.64. The van der Waals surface area contributed by atoms with Crippen LogP contribution < -0.4 is 10.1 Å². The molecule has 1 amide bonds. The zero-order valence-corrected chi connectivity index (χ0v) is 15.3. The second-order valence-corrected chi connectivity index (χ2v) is 7.58. The molecule has 1 aliphatic carbocycles. The minimum absolute atomic E-state index is 0.0291. The number of carbonyl (C=O) groups is 2. The molecule has 0 saturated heterocycles. The first kappa shape index (κ1) is 16.9. The van der Waals surface area contributed by atoms with E-state index in [2.05, 4.69) is 24.4 Å². The zero-order valence-electron chi connectivity index (χ0n) is 15.3. The van der Waals surface area contributed by atoms with Gasteiger partial charge in [-0.25, -0.2) is 0 Å². The van der Waals surface area contributed by atoms with Gasteiger partial charge in [0.2, 0.25) is 5.91 Å². The molecule has 3 atom stereocenters. The lowest BCUT2D eigenvalue weighted by Crippen LogP contribution is -2.36. The Labute approximate surface area is 152 Å². The fourth-order valence-corrected chi connectivity index (χ4v) is 4.75. The molecular formula is C21H23NO4. The molecule has 5 heteroatoms. The number of hydrogen-bond acceptors (Lipinski definition) is 4. The summed E-state index contributed by atoms with van der Waals surface area (Å²) in [5.41, 5.74) is 1.62. The molecule has 4 rings (SSSR count). The van der Waals surface area contributed by atoms with Crippen LogP contribution in [0, 0.1) is 5.41 Å². The molecule has 0 spiro atoms. The van der Waals surface area contributed by atoms with E-state index < -0.39 is 0 Å². The molecule has 1 saturated carbocycles. The molecule has 26 heavy (non-hydrogen) atoms. The molecule has 2 aromatic carbocycles. The molecule has 0 unspecified atom stereocenters. The van der Waals surface area contributed by atoms with Crippen LogP contribution in [0.15, 0.2) is 30.3 Å². The molecule has 1 N–H and O–H groups in total. The van der Waals surface area contributed by atoms with E-state index in [-0.39, 0.29) is 29.3 Å². The largest absolute Gasteiger partial charge is 0.497 e. The first-order chi connectivity index (χ1) is 12.4. The lowest BCUT2D eigenvalue weighted by molar-refractivity contribution is -0.152. The van der Waals surface area contributed by atoms with Crippen LogP contribution in [0.4, 0.5) is 5.69 Å². The molecule has 0 aromatic heterocycles. The van der Waals surface area contributed by atoms with Crippen molar-refractivity contribution in [3.05, 3.63) is 35.9 Å². The van der Waals surface area contributed by atoms with Crippen LogP contribution in [0.1, 0.15) is 44.6 Å². The third kappa shape index (κ3) is 2.54. The second kappa shape index (κ2) is 6.01. The van der Waals surface area contributed by atoms with Gasteiger partial charge in [0, 0.05) is 24.1 Å². The Bertz CT molecular complexity index is 906. The predicted molar refractivity (Wildman–Crippen MR) is 99.4 cm³/mol. The number of benzene rings is 2. The molecule has 0 radical (unpaired) electrons. The van der Waals surface area contributed by atoms with E-state index >= 15 is 0 Å². The minimum atomic E-state index is -0.388. The van der Waals surface area contributed by atoms with Gasteiger partial charge < -0.3 is 14.8 Å². The number of nitrogens with one attached hydrogen (secondary N) is 1. The van der Waals surface area contributed by atoms with E-state index in [0.29, 0.717) is 6.42 Å². The molecule has 0 bridgehead atoms. The van der Waals surface area contributed by atoms with E-state index in [0.717, 1.165) is 40.6 Å². The van der Waals surface area contributed by atoms with Crippen molar-refractivity contribution in [3.8, 4) is 5.75 Å². The van der Waals surface area contributed by atoms with Gasteiger partial charge in [-0.15, -0.1) is 0 Å². The van der Waals surface area contributed by atoms with Gasteiger partial charge in [-0.1, -0.05) is 19.1 Å². The number of anilines is 1. The van der Waals surface area contributed by atoms with E-state index in [1.54, 1.807) is 7.11 Å². The van der Waals surface area contributed by atoms with Crippen molar-refractivity contribution in [3.63, 3.8) is 0 Å². The average molecular weight is 353 g/mol. The smallest absolute Gasteiger partial charge is 0.302 e. The molecule has 1 aliphatic heterocycles. The Morgan fingerprint density at radius 1 is 1.23 bits per heavy atom. The van der Waals surface area contributed by atoms with Crippen LogP contribution in [0.3, 0.4) is 0 Å². The summed E-state index contributed by atoms with van der Waals surface area (Å²) in [6, 6.07) is 10.1. The maximum absolute atomic E-state index is 12.7. The van der Waals surface area contributed by atoms with Crippen LogP contribution in [-0.4, -0.2) is 25.1 Å². The van der Waals surface area contributed by atoms with Gasteiger partial charge >= 0.3 is 5.97 Å². The zero-order chi connectivity index (χ0) is 18.5. The van der Waals surface area contributed by atoms with Crippen molar-refractivity contribution < 1.29 is 19.1 Å². The van der Waals surface area contributed by atoms with Crippen LogP contribution in [0.25, 0.3) is 10.8 Å². The van der Waals surface area contributed by atoms with Crippen molar-refractivity contribution in [1.29, 1.82) is 0 Å². The number of carbonyl (C=O) groups excluding carboxylic acids is 2. The van der Waals surface area contributed by atoms with Gasteiger partial charge in [0.1, 0.15) is 11.9 Å². The number of rotatable bonds is 2. The van der Waals surface area contributed by atoms with Crippen molar-refractivity contribution in [1.82, 2.24) is 0 Å². The van der Waals surface area contributed by atoms with E-state index in [1.165, 1.54) is 6.92 Å². The van der Waals surface area contributed by atoms with Crippen molar-refractivity contribution in [2.24, 2.45) is 5.41 Å². The van der Waals surface area contributed by atoms with Crippen molar-refractivity contribution in [2.45, 2.75) is 45.1 Å². The van der Waals surface area contributed by atoms with Gasteiger partial charge in [-0.05, 0) is 47.9 Å². The summed E-state index contributed by atoms with van der Waals surface area (Å²) in [6.07, 6.45) is 1.81. The first-order valence-electron chi connectivity index (χ1n) is 9.00. The topological polar surface area (TPSA) is 64.6 Å². The maximum Gasteiger partial charge on any atom is 0.302 e. The lowest BCUT2D eigenvalue weighted by atomic mass is 9.72. The molecule has 2 aromatic rings. The summed E-state index contributed by atoms with van der Waals surface area (Å²) in [4.78, 5) is 24.2. The highest BCUT2D eigenvalue weighted by molar-refractivity contribution is 6.05. The fourth-order valence-electron chi connectivity index (χ4n) is 4.75. The molecule has 2 aliphatic rings. The number of fused-ring (bicyclic) bond motifs is 5. The molecular weight excluding hydrogens is 330 g/mol. The summed E-state index contributed by atoms with van der Waals surface area (Å²) >= 11 is 0. The highest BCUT2D eigenvalue weighted by Crippen LogP contribution is 2.56. The molecule has 1 fully saturated rings. The number of hydrogen-bond donors (Lipinski definition) is 1. The first-order valence-corrected chi connectivity index (χ1v) is 9.00. The quantitative estimate of drug-likeness (QED) is 0.829. The maximum atomic E-state index is 12.7. The van der Waals surface area contributed by atoms with Gasteiger partial charge in [-0.2, -0.15) is 0 Å². The Kier molecular flexibility index (Phi) is 3.90. The predicted octanol–water partition coefficient (Wildman–Crippen LogP) is 4.01. The van der Waals surface area contributed by atoms with Crippen LogP contribution in [0.2, 0.25) is 0 Å². The number of methoxy groups -OCH3 is 1. The standard InChI is InChI=1S/C21H23NO4/c1-12(23)26-18-9-8-17-16-6-4-13-10-14(25-3)5-7-15(13)20(16)22-19(24)11-21(17,18)2/h4-7,10,17-18H,8-9,11H2,1-3H3,(H,22,24)/t17-,18-,21-/m0/s1. The minimum Gasteiger partial charge on any atom is -0.497 e. The van der Waals surface area contributed by atoms with Gasteiger partial charge in [0.15, 0.2) is 0 Å². The van der Waals surface area contributed by atoms with Gasteiger partial charge in [0.25, 0.3) is 0 Å². The van der Waals surface area contributed by atoms with Crippen LogP contribution in [0.5, 0.6) is 5.75 Å². The molecule has 136 valence electrons. The summed E-state index contributed by atoms with van der Waals surface area (Å²) in [5, 5.41) is 5.15. The Morgan fingerprint density at radius 2 is 2.04 bits per heavy atom. The van der Waals surface area contributed by atoms with E-state index in [4.69, 9.17) is 9.47 Å². The number of ether oxygens (including phenoxy) is 2. The summed E-state index contributed by atoms with van der Waals surface area (Å²) in [6.45, 7) is 3.51. The van der Waals surface area contributed by atoms with Gasteiger partial charge in [-0.3, -0.25) is 9.59 Å². The third-order valence-corrected chi connectivity index (χ3v) is 6.00. The monoisotopic (exact) mass is 353 g/mol. The number of esters is 1. The molecule has 5 nitrogen and oxygen atoms in total. The van der Waals surface area contributed by atoms with Crippen molar-refractivity contribution in [2.75, 3.05) is 12.4 Å². The van der Waals surface area contributed by atoms with E-state index in [1.807, 2.05) is 18.2 Å². The Morgan fingerprint density at radius 3 is 2.77 bits per heavy atom. The Balaban J connectivity index is 1.86. The Hall–Kier alpha value is -2.56. The highest BCUT2D eigenvalue weighted by atomic mass is 16.5. The normalized spacial score (nSPS) is 27.3. The average Bonchev–Trinajstić information content (AvgIpc) is 2.83. The van der Waals surface area contributed by atoms with Crippen LogP contribution in [-0.2, 0) is 14.3 Å². The van der Waals surface area contributed by atoms with E-state index in [9.17, 15) is 9.59 Å². The third-order valence-electron chi connectivity index (χ3n) is 6.00. The van der Waals surface area contributed by atoms with Crippen molar-refractivity contribution >= 4 is 28.3 Å². The summed E-state index contributed by atoms with van der Waals surface area (Å²) in [5.74, 6) is 0.649. The SMILES string of the molecule is COc1ccc2c3c(ccc2c1)[C@@H]1CC[C@H](OC(C)=O)[C@@]1(C)CC(=O)N3. The molecule has 1 heterocycles. The second-order valence-electron chi connectivity index (χ2n) is 7.58. The highest BCUT2D eigenvalue weighted by Gasteiger charge is 2.52. The number of amides is 1. The summed E-state index contributed by atoms with van der Waals surface area (Å²) < 4.78 is 10.9. The lowest BCUT2D eigenvalue weighted by Gasteiger charge is -2.34.